The molecule has 424 valence electrons. The van der Waals surface area contributed by atoms with Crippen molar-refractivity contribution in [3.63, 3.8) is 0 Å². The van der Waals surface area contributed by atoms with Crippen molar-refractivity contribution in [2.75, 3.05) is 13.2 Å². The van der Waals surface area contributed by atoms with Gasteiger partial charge in [-0.25, -0.2) is 0 Å². The smallest absolute Gasteiger partial charge is 0.220 e. The predicted molar refractivity (Wildman–Crippen MR) is 309 cm³/mol. The average Bonchev–Trinajstić information content (AvgIpc) is 3.39. The van der Waals surface area contributed by atoms with E-state index in [0.717, 1.165) is 70.6 Å². The van der Waals surface area contributed by atoms with Crippen LogP contribution in [-0.4, -0.2) is 87.5 Å². The van der Waals surface area contributed by atoms with Gasteiger partial charge in [0.25, 0.3) is 0 Å². The van der Waals surface area contributed by atoms with Crippen molar-refractivity contribution < 1.29 is 39.8 Å². The number of hydrogen-bond acceptors (Lipinski definition) is 8. The van der Waals surface area contributed by atoms with Gasteiger partial charge in [0, 0.05) is 6.42 Å². The van der Waals surface area contributed by atoms with Crippen molar-refractivity contribution in [1.82, 2.24) is 5.32 Å². The number of aliphatic hydroxyl groups is 5. The number of aliphatic hydroxyl groups excluding tert-OH is 5. The lowest BCUT2D eigenvalue weighted by Gasteiger charge is -2.40. The van der Waals surface area contributed by atoms with E-state index in [1.54, 1.807) is 6.08 Å². The van der Waals surface area contributed by atoms with Crippen molar-refractivity contribution >= 4 is 5.91 Å². The topological polar surface area (TPSA) is 149 Å². The van der Waals surface area contributed by atoms with Crippen LogP contribution >= 0.6 is 0 Å². The summed E-state index contributed by atoms with van der Waals surface area (Å²) in [6.45, 7) is 3.66. The van der Waals surface area contributed by atoms with Crippen LogP contribution in [0.1, 0.15) is 271 Å². The molecular formula is C64H115NO8. The summed E-state index contributed by atoms with van der Waals surface area (Å²) < 4.78 is 11.3. The van der Waals surface area contributed by atoms with Crippen LogP contribution in [0.3, 0.4) is 0 Å². The molecule has 0 saturated carbocycles. The first-order chi connectivity index (χ1) is 35.8. The Morgan fingerprint density at radius 2 is 0.849 bits per heavy atom. The van der Waals surface area contributed by atoms with Crippen molar-refractivity contribution in [3.8, 4) is 0 Å². The second-order valence-electron chi connectivity index (χ2n) is 21.1. The average molecular weight is 1030 g/mol. The molecule has 73 heavy (non-hydrogen) atoms. The Kier molecular flexibility index (Phi) is 49.9. The number of nitrogens with one attached hydrogen (secondary N) is 1. The van der Waals surface area contributed by atoms with E-state index < -0.39 is 49.5 Å². The van der Waals surface area contributed by atoms with E-state index >= 15 is 0 Å². The molecule has 6 N–H and O–H groups in total. The molecule has 0 aliphatic carbocycles. The number of ether oxygens (including phenoxy) is 2. The quantitative estimate of drug-likeness (QED) is 0.0261. The van der Waals surface area contributed by atoms with Crippen LogP contribution in [0.25, 0.3) is 0 Å². The van der Waals surface area contributed by atoms with Crippen LogP contribution < -0.4 is 5.32 Å². The number of hydrogen-bond donors (Lipinski definition) is 6. The zero-order chi connectivity index (χ0) is 52.9. The Labute approximate surface area is 448 Å². The van der Waals surface area contributed by atoms with E-state index in [4.69, 9.17) is 9.47 Å². The molecule has 0 spiro atoms. The molecule has 0 aromatic heterocycles. The Morgan fingerprint density at radius 3 is 1.26 bits per heavy atom. The summed E-state index contributed by atoms with van der Waals surface area (Å²) in [5.41, 5.74) is 0. The number of carbonyl (C=O) groups excluding carboxylic acids is 1. The minimum Gasteiger partial charge on any atom is -0.394 e. The molecular weight excluding hydrogens is 911 g/mol. The molecule has 7 unspecified atom stereocenters. The molecule has 7 atom stereocenters. The minimum atomic E-state index is -1.58. The van der Waals surface area contributed by atoms with Crippen molar-refractivity contribution in [2.24, 2.45) is 0 Å². The Morgan fingerprint density at radius 1 is 0.479 bits per heavy atom. The van der Waals surface area contributed by atoms with Gasteiger partial charge in [-0.05, 0) is 64.2 Å². The fourth-order valence-corrected chi connectivity index (χ4v) is 9.48. The van der Waals surface area contributed by atoms with Gasteiger partial charge in [0.05, 0.1) is 25.4 Å². The minimum absolute atomic E-state index is 0.205. The highest BCUT2D eigenvalue weighted by molar-refractivity contribution is 5.76. The van der Waals surface area contributed by atoms with E-state index in [-0.39, 0.29) is 12.5 Å². The zero-order valence-electron chi connectivity index (χ0n) is 47.1. The number of unbranched alkanes of at least 4 members (excludes halogenated alkanes) is 32. The van der Waals surface area contributed by atoms with Gasteiger partial charge in [0.2, 0.25) is 5.91 Å². The normalized spacial score (nSPS) is 19.6. The molecule has 1 saturated heterocycles. The standard InChI is InChI=1S/C64H115NO8/c1-3-5-7-9-11-13-15-17-19-21-23-24-25-26-27-28-29-30-31-32-33-34-36-37-39-41-43-45-47-49-51-53-58(67)57(56-72-64-63(71)62(70)61(69)59(55-66)73-64)65-60(68)54-52-50-48-46-44-42-40-38-35-22-20-18-16-14-12-10-8-6-4-2/h6,8,12,14,18,20,35,38,42,44,51,53,57-59,61-64,66-67,69-71H,3-5,7,9-11,13,15-17,19,21-34,36-37,39-41,43,45-50,52,54-56H2,1-2H3,(H,65,68)/b8-6-,14-12-,20-18-,38-35-,44-42-,53-51+. The third-order valence-corrected chi connectivity index (χ3v) is 14.3. The second-order valence-corrected chi connectivity index (χ2v) is 21.1. The van der Waals surface area contributed by atoms with Crippen LogP contribution in [-0.2, 0) is 14.3 Å². The van der Waals surface area contributed by atoms with Crippen LogP contribution in [0.15, 0.2) is 72.9 Å². The predicted octanol–water partition coefficient (Wildman–Crippen LogP) is 15.6. The molecule has 1 heterocycles. The first-order valence-corrected chi connectivity index (χ1v) is 30.7. The molecule has 0 radical (unpaired) electrons. The van der Waals surface area contributed by atoms with Crippen LogP contribution in [0, 0.1) is 0 Å². The second kappa shape index (κ2) is 53.0. The molecule has 0 aromatic rings. The van der Waals surface area contributed by atoms with E-state index in [2.05, 4.69) is 79.9 Å². The summed E-state index contributed by atoms with van der Waals surface area (Å²) in [7, 11) is 0. The Balaban J connectivity index is 2.19. The van der Waals surface area contributed by atoms with Gasteiger partial charge in [-0.15, -0.1) is 0 Å². The molecule has 9 nitrogen and oxygen atoms in total. The van der Waals surface area contributed by atoms with Gasteiger partial charge in [0.1, 0.15) is 24.4 Å². The summed E-state index contributed by atoms with van der Waals surface area (Å²) in [4.78, 5) is 13.0. The third-order valence-electron chi connectivity index (χ3n) is 14.3. The molecule has 1 aliphatic heterocycles. The van der Waals surface area contributed by atoms with E-state index in [0.29, 0.717) is 12.8 Å². The maximum Gasteiger partial charge on any atom is 0.220 e. The third kappa shape index (κ3) is 42.4. The van der Waals surface area contributed by atoms with Crippen LogP contribution in [0.2, 0.25) is 0 Å². The van der Waals surface area contributed by atoms with Crippen LogP contribution in [0.5, 0.6) is 0 Å². The van der Waals surface area contributed by atoms with Gasteiger partial charge in [-0.2, -0.15) is 0 Å². The number of allylic oxidation sites excluding steroid dienone is 11. The van der Waals surface area contributed by atoms with E-state index in [1.807, 2.05) is 6.08 Å². The van der Waals surface area contributed by atoms with Crippen molar-refractivity contribution in [1.29, 1.82) is 0 Å². The van der Waals surface area contributed by atoms with Crippen LogP contribution in [0.4, 0.5) is 0 Å². The molecule has 1 amide bonds. The maximum absolute atomic E-state index is 13.0. The Bertz CT molecular complexity index is 1380. The highest BCUT2D eigenvalue weighted by Gasteiger charge is 2.44. The molecule has 9 heteroatoms. The molecule has 1 rings (SSSR count). The van der Waals surface area contributed by atoms with Gasteiger partial charge >= 0.3 is 0 Å². The highest BCUT2D eigenvalue weighted by Crippen LogP contribution is 2.23. The fourth-order valence-electron chi connectivity index (χ4n) is 9.48. The lowest BCUT2D eigenvalue weighted by molar-refractivity contribution is -0.302. The van der Waals surface area contributed by atoms with Gasteiger partial charge in [0.15, 0.2) is 6.29 Å². The SMILES string of the molecule is CC/C=C\C/C=C\C/C=C\C/C=C\C/C=C\CCCCCC(=O)NC(COC1OC(CO)C(O)C(O)C1O)C(O)/C=C/CCCCCCCCCCCCCCCCCCCCCCCCCCCCCCC. The summed E-state index contributed by atoms with van der Waals surface area (Å²) in [5, 5.41) is 54.5. The van der Waals surface area contributed by atoms with Crippen molar-refractivity contribution in [2.45, 2.75) is 314 Å². The first-order valence-electron chi connectivity index (χ1n) is 30.7. The monoisotopic (exact) mass is 1030 g/mol. The maximum atomic E-state index is 13.0. The number of carbonyl (C=O) groups is 1. The summed E-state index contributed by atoms with van der Waals surface area (Å²) in [6.07, 6.45) is 67.0. The summed E-state index contributed by atoms with van der Waals surface area (Å²) in [6, 6.07) is -0.828. The van der Waals surface area contributed by atoms with Gasteiger partial charge < -0.3 is 40.3 Å². The highest BCUT2D eigenvalue weighted by atomic mass is 16.7. The molecule has 1 aliphatic rings. The lowest BCUT2D eigenvalue weighted by atomic mass is 9.99. The summed E-state index contributed by atoms with van der Waals surface area (Å²) >= 11 is 0. The summed E-state index contributed by atoms with van der Waals surface area (Å²) in [5.74, 6) is -0.208. The molecule has 0 bridgehead atoms. The van der Waals surface area contributed by atoms with Gasteiger partial charge in [-0.1, -0.05) is 273 Å². The zero-order valence-corrected chi connectivity index (χ0v) is 47.1. The largest absolute Gasteiger partial charge is 0.394 e. The molecule has 0 aromatic carbocycles. The van der Waals surface area contributed by atoms with E-state index in [9.17, 15) is 30.3 Å². The Hall–Kier alpha value is -2.37. The van der Waals surface area contributed by atoms with E-state index in [1.165, 1.54) is 173 Å². The first kappa shape index (κ1) is 68.6. The lowest BCUT2D eigenvalue weighted by Crippen LogP contribution is -2.60. The molecule has 1 fully saturated rings. The van der Waals surface area contributed by atoms with Crippen molar-refractivity contribution in [3.05, 3.63) is 72.9 Å². The number of rotatable bonds is 52. The van der Waals surface area contributed by atoms with Gasteiger partial charge in [-0.3, -0.25) is 4.79 Å². The fraction of sp³-hybridized carbons (Fsp3) is 0.797. The number of amides is 1.